The van der Waals surface area contributed by atoms with E-state index in [0.29, 0.717) is 17.7 Å². The molecule has 6 nitrogen and oxygen atoms in total. The Kier molecular flexibility index (Phi) is 6.97. The second-order valence-electron chi connectivity index (χ2n) is 10.0. The maximum atomic E-state index is 13.2. The van der Waals surface area contributed by atoms with Gasteiger partial charge in [0.2, 0.25) is 0 Å². The molecule has 2 heterocycles. The summed E-state index contributed by atoms with van der Waals surface area (Å²) in [5.74, 6) is 1.75. The number of piperazine rings is 1. The summed E-state index contributed by atoms with van der Waals surface area (Å²) in [4.78, 5) is 22.8. The Morgan fingerprint density at radius 1 is 0.842 bits per heavy atom. The molecule has 6 heteroatoms. The van der Waals surface area contributed by atoms with Gasteiger partial charge in [0.15, 0.2) is 5.78 Å². The lowest BCUT2D eigenvalue weighted by Crippen LogP contribution is -2.46. The van der Waals surface area contributed by atoms with E-state index in [1.807, 2.05) is 60.8 Å². The van der Waals surface area contributed by atoms with E-state index in [1.54, 1.807) is 7.11 Å². The van der Waals surface area contributed by atoms with Gasteiger partial charge in [-0.3, -0.25) is 14.7 Å². The third-order valence-corrected chi connectivity index (χ3v) is 7.69. The molecule has 2 aliphatic rings. The average molecular weight is 508 g/mol. The van der Waals surface area contributed by atoms with Crippen LogP contribution in [0.25, 0.3) is 22.0 Å². The van der Waals surface area contributed by atoms with Gasteiger partial charge in [-0.1, -0.05) is 36.4 Å². The predicted molar refractivity (Wildman–Crippen MR) is 152 cm³/mol. The normalized spacial score (nSPS) is 15.0. The molecule has 6 rings (SSSR count). The molecule has 0 spiro atoms. The second-order valence-corrected chi connectivity index (χ2v) is 10.0. The summed E-state index contributed by atoms with van der Waals surface area (Å²) in [5.41, 5.74) is 4.37. The van der Waals surface area contributed by atoms with E-state index in [4.69, 9.17) is 9.47 Å². The zero-order valence-corrected chi connectivity index (χ0v) is 21.9. The first kappa shape index (κ1) is 24.4. The van der Waals surface area contributed by atoms with Crippen LogP contribution in [0.2, 0.25) is 0 Å². The standard InChI is InChI=1S/C32H33N3O3/c1-37-29-12-6-5-11-28(29)35-18-16-34(17-19-35)15-7-2-8-20-38-24-21-23-13-14-33-31-25-9-3-4-10-26(25)32(36)27(22-24)30(23)31/h3-6,9-14,21-22H,2,7-8,15-20H2,1H3. The summed E-state index contributed by atoms with van der Waals surface area (Å²) in [7, 11) is 1.74. The number of anilines is 1. The Balaban J connectivity index is 0.991. The number of ketones is 1. The molecule has 1 aliphatic heterocycles. The number of hydrogen-bond acceptors (Lipinski definition) is 6. The molecule has 194 valence electrons. The molecule has 3 aromatic carbocycles. The van der Waals surface area contributed by atoms with E-state index in [-0.39, 0.29) is 5.78 Å². The number of methoxy groups -OCH3 is 1. The van der Waals surface area contributed by atoms with Gasteiger partial charge in [0.1, 0.15) is 11.5 Å². The summed E-state index contributed by atoms with van der Waals surface area (Å²) in [5, 5.41) is 1.92. The molecule has 0 atom stereocenters. The van der Waals surface area contributed by atoms with Crippen molar-refractivity contribution < 1.29 is 14.3 Å². The van der Waals surface area contributed by atoms with Gasteiger partial charge in [-0.05, 0) is 61.5 Å². The molecule has 4 aromatic rings. The van der Waals surface area contributed by atoms with Crippen molar-refractivity contribution in [1.82, 2.24) is 9.88 Å². The molecule has 0 saturated carbocycles. The average Bonchev–Trinajstić information content (AvgIpc) is 2.97. The number of carbonyl (C=O) groups is 1. The lowest BCUT2D eigenvalue weighted by Gasteiger charge is -2.36. The molecule has 1 fully saturated rings. The smallest absolute Gasteiger partial charge is 0.194 e. The number of pyridine rings is 1. The largest absolute Gasteiger partial charge is 0.495 e. The van der Waals surface area contributed by atoms with Gasteiger partial charge in [0, 0.05) is 54.5 Å². The first-order chi connectivity index (χ1) is 18.7. The number of benzene rings is 3. The van der Waals surface area contributed by atoms with Crippen LogP contribution in [0, 0.1) is 0 Å². The zero-order valence-electron chi connectivity index (χ0n) is 21.9. The predicted octanol–water partition coefficient (Wildman–Crippen LogP) is 5.83. The van der Waals surface area contributed by atoms with Gasteiger partial charge in [0.05, 0.1) is 25.1 Å². The third-order valence-electron chi connectivity index (χ3n) is 7.69. The first-order valence-electron chi connectivity index (χ1n) is 13.5. The molecule has 0 amide bonds. The van der Waals surface area contributed by atoms with E-state index in [9.17, 15) is 4.79 Å². The summed E-state index contributed by atoms with van der Waals surface area (Å²) in [6, 6.07) is 21.9. The summed E-state index contributed by atoms with van der Waals surface area (Å²) >= 11 is 0. The van der Waals surface area contributed by atoms with Crippen molar-refractivity contribution in [3.8, 4) is 22.8 Å². The quantitative estimate of drug-likeness (QED) is 0.234. The van der Waals surface area contributed by atoms with Crippen LogP contribution in [0.15, 0.2) is 72.9 Å². The van der Waals surface area contributed by atoms with Crippen LogP contribution < -0.4 is 14.4 Å². The van der Waals surface area contributed by atoms with Crippen molar-refractivity contribution in [2.45, 2.75) is 19.3 Å². The van der Waals surface area contributed by atoms with E-state index >= 15 is 0 Å². The summed E-state index contributed by atoms with van der Waals surface area (Å²) in [6.07, 6.45) is 5.08. The number of carbonyl (C=O) groups excluding carboxylic acids is 1. The summed E-state index contributed by atoms with van der Waals surface area (Å²) in [6.45, 7) is 5.95. The van der Waals surface area contributed by atoms with E-state index < -0.39 is 0 Å². The molecule has 1 aliphatic carbocycles. The highest BCUT2D eigenvalue weighted by Crippen LogP contribution is 2.39. The van der Waals surface area contributed by atoms with Crippen LogP contribution in [0.3, 0.4) is 0 Å². The fourth-order valence-corrected chi connectivity index (χ4v) is 5.70. The topological polar surface area (TPSA) is 54.9 Å². The molecule has 1 saturated heterocycles. The van der Waals surface area contributed by atoms with Crippen molar-refractivity contribution in [1.29, 1.82) is 0 Å². The summed E-state index contributed by atoms with van der Waals surface area (Å²) < 4.78 is 11.7. The molecule has 0 N–H and O–H groups in total. The molecule has 0 radical (unpaired) electrons. The number of unbranched alkanes of at least 4 members (excludes halogenated alkanes) is 2. The van der Waals surface area contributed by atoms with Gasteiger partial charge in [0.25, 0.3) is 0 Å². The Hall–Kier alpha value is -3.90. The fraction of sp³-hybridized carbons (Fsp3) is 0.312. The van der Waals surface area contributed by atoms with Crippen LogP contribution in [-0.2, 0) is 0 Å². The van der Waals surface area contributed by atoms with Crippen molar-refractivity contribution in [3.63, 3.8) is 0 Å². The zero-order chi connectivity index (χ0) is 25.9. The van der Waals surface area contributed by atoms with E-state index in [0.717, 1.165) is 85.5 Å². The van der Waals surface area contributed by atoms with Gasteiger partial charge in [-0.15, -0.1) is 0 Å². The van der Waals surface area contributed by atoms with Crippen LogP contribution in [0.5, 0.6) is 11.5 Å². The van der Waals surface area contributed by atoms with Crippen LogP contribution in [-0.4, -0.2) is 62.1 Å². The molecule has 0 unspecified atom stereocenters. The second kappa shape index (κ2) is 10.8. The molecular formula is C32H33N3O3. The molecule has 0 bridgehead atoms. The fourth-order valence-electron chi connectivity index (χ4n) is 5.70. The number of hydrogen-bond donors (Lipinski definition) is 0. The highest BCUT2D eigenvalue weighted by atomic mass is 16.5. The Bertz CT molecular complexity index is 1460. The van der Waals surface area contributed by atoms with Crippen LogP contribution >= 0.6 is 0 Å². The van der Waals surface area contributed by atoms with Crippen LogP contribution in [0.4, 0.5) is 5.69 Å². The maximum absolute atomic E-state index is 13.2. The van der Waals surface area contributed by atoms with Gasteiger partial charge >= 0.3 is 0 Å². The Labute approximate surface area is 223 Å². The molecule has 1 aromatic heterocycles. The minimum Gasteiger partial charge on any atom is -0.495 e. The number of fused-ring (bicyclic) bond motifs is 2. The minimum atomic E-state index is 0.0438. The molecular weight excluding hydrogens is 474 g/mol. The third kappa shape index (κ3) is 4.72. The highest BCUT2D eigenvalue weighted by molar-refractivity contribution is 6.25. The van der Waals surface area contributed by atoms with Crippen molar-refractivity contribution >= 4 is 22.2 Å². The number of aromatic nitrogens is 1. The Morgan fingerprint density at radius 3 is 2.47 bits per heavy atom. The monoisotopic (exact) mass is 507 g/mol. The van der Waals surface area contributed by atoms with Crippen molar-refractivity contribution in [2.75, 3.05) is 51.3 Å². The Morgan fingerprint density at radius 2 is 1.63 bits per heavy atom. The van der Waals surface area contributed by atoms with Gasteiger partial charge in [-0.2, -0.15) is 0 Å². The van der Waals surface area contributed by atoms with Gasteiger partial charge in [-0.25, -0.2) is 0 Å². The van der Waals surface area contributed by atoms with Gasteiger partial charge < -0.3 is 14.4 Å². The number of rotatable bonds is 9. The number of ether oxygens (including phenoxy) is 2. The SMILES string of the molecule is COc1ccccc1N1CCN(CCCCCOc2cc3c4c(nccc4c2)-c2ccccc2C3=O)CC1. The highest BCUT2D eigenvalue weighted by Gasteiger charge is 2.26. The maximum Gasteiger partial charge on any atom is 0.194 e. The van der Waals surface area contributed by atoms with E-state index in [1.165, 1.54) is 5.69 Å². The lowest BCUT2D eigenvalue weighted by atomic mass is 9.85. The van der Waals surface area contributed by atoms with Crippen LogP contribution in [0.1, 0.15) is 35.2 Å². The van der Waals surface area contributed by atoms with Crippen molar-refractivity contribution in [3.05, 3.63) is 84.1 Å². The number of para-hydroxylation sites is 2. The molecule has 38 heavy (non-hydrogen) atoms. The van der Waals surface area contributed by atoms with E-state index in [2.05, 4.69) is 26.9 Å². The lowest BCUT2D eigenvalue weighted by molar-refractivity contribution is 0.103. The van der Waals surface area contributed by atoms with Crippen molar-refractivity contribution in [2.24, 2.45) is 0 Å². The minimum absolute atomic E-state index is 0.0438. The first-order valence-corrected chi connectivity index (χ1v) is 13.5. The number of nitrogens with zero attached hydrogens (tertiary/aromatic N) is 3.